The Bertz CT molecular complexity index is 1580. The summed E-state index contributed by atoms with van der Waals surface area (Å²) >= 11 is 1.03. The van der Waals surface area contributed by atoms with Gasteiger partial charge in [-0.15, -0.1) is 0 Å². The van der Waals surface area contributed by atoms with Crippen molar-refractivity contribution in [2.45, 2.75) is 154 Å². The number of Topliss-reactive ketones (excluding diaryl/α,β-unsaturated/α-hetero) is 1. The summed E-state index contributed by atoms with van der Waals surface area (Å²) in [4.78, 5) is 97.1. The second-order valence-corrected chi connectivity index (χ2v) is 17.9. The number of thioether (sulfide) groups is 1. The third kappa shape index (κ3) is 10.5. The van der Waals surface area contributed by atoms with E-state index in [0.717, 1.165) is 68.7 Å². The molecular formula is C41H60N6O7S. The van der Waals surface area contributed by atoms with Gasteiger partial charge in [-0.05, 0) is 68.3 Å². The van der Waals surface area contributed by atoms with Gasteiger partial charge < -0.3 is 31.5 Å². The van der Waals surface area contributed by atoms with Gasteiger partial charge in [-0.3, -0.25) is 33.6 Å². The number of benzene rings is 1. The molecule has 2 saturated heterocycles. The zero-order valence-electron chi connectivity index (χ0n) is 33.0. The Morgan fingerprint density at radius 3 is 2.18 bits per heavy atom. The molecule has 55 heavy (non-hydrogen) atoms. The molecule has 0 bridgehead atoms. The number of likely N-dealkylation sites (tertiary alicyclic amines) is 1. The Kier molecular flexibility index (Phi) is 14.4. The molecule has 1 aromatic carbocycles. The van der Waals surface area contributed by atoms with Crippen LogP contribution >= 0.6 is 11.8 Å². The normalized spacial score (nSPS) is 25.0. The molecule has 13 nitrogen and oxygen atoms in total. The van der Waals surface area contributed by atoms with E-state index in [1.165, 1.54) is 0 Å². The molecule has 1 aromatic rings. The number of nitrogens with one attached hydrogen (secondary N) is 5. The number of carbonyl (C=O) groups excluding carboxylic acids is 7. The molecule has 6 amide bonds. The van der Waals surface area contributed by atoms with Gasteiger partial charge in [-0.2, -0.15) is 0 Å². The summed E-state index contributed by atoms with van der Waals surface area (Å²) in [6, 6.07) is 4.04. The fourth-order valence-electron chi connectivity index (χ4n) is 8.76. The topological polar surface area (TPSA) is 183 Å². The van der Waals surface area contributed by atoms with Gasteiger partial charge in [-0.25, -0.2) is 0 Å². The molecule has 5 rings (SSSR count). The number of hydrogen-bond donors (Lipinski definition) is 5. The standard InChI is InChI=1S/C41H60N6O7S/c1-6-15-28(33(48)38(52)42-24(2)25-16-9-7-10-17-25)43-36(50)31-22-27-20-13-14-21-30(27)47(31)39(53)34(41(3,4)5)46-37(51)32(26-18-11-8-12-19-26)45-35(49)29-23-55-40(54)44-29/h7,9-10,16-17,24,26-32,34H,6,8,11-15,18-23H2,1-5H3,(H,42,52)(H,43,50)(H,44,54)(H,45,49)(H,46,51)/t24-,27-,28?,29?,30-,31-,32?,34+/m0/s1. The van der Waals surface area contributed by atoms with E-state index in [-0.39, 0.29) is 41.2 Å². The van der Waals surface area contributed by atoms with Crippen LogP contribution < -0.4 is 26.6 Å². The van der Waals surface area contributed by atoms with Crippen molar-refractivity contribution in [1.82, 2.24) is 31.5 Å². The molecule has 302 valence electrons. The summed E-state index contributed by atoms with van der Waals surface area (Å²) in [5.74, 6) is -3.06. The minimum atomic E-state index is -1.07. The number of ketones is 1. The minimum absolute atomic E-state index is 0.0777. The molecule has 2 heterocycles. The average Bonchev–Trinajstić information content (AvgIpc) is 3.79. The molecular weight excluding hydrogens is 721 g/mol. The third-order valence-corrected chi connectivity index (χ3v) is 12.7. The van der Waals surface area contributed by atoms with E-state index in [1.54, 1.807) is 11.8 Å². The van der Waals surface area contributed by atoms with Crippen molar-refractivity contribution < 1.29 is 33.6 Å². The van der Waals surface area contributed by atoms with Crippen molar-refractivity contribution in [2.24, 2.45) is 17.3 Å². The monoisotopic (exact) mass is 780 g/mol. The Morgan fingerprint density at radius 1 is 0.873 bits per heavy atom. The Balaban J connectivity index is 1.35. The van der Waals surface area contributed by atoms with E-state index in [9.17, 15) is 33.6 Å². The second-order valence-electron chi connectivity index (χ2n) is 16.9. The molecule has 5 N–H and O–H groups in total. The average molecular weight is 781 g/mol. The summed E-state index contributed by atoms with van der Waals surface area (Å²) in [6.07, 6.45) is 9.04. The maximum Gasteiger partial charge on any atom is 0.290 e. The summed E-state index contributed by atoms with van der Waals surface area (Å²) in [7, 11) is 0. The molecule has 2 saturated carbocycles. The second kappa shape index (κ2) is 18.8. The van der Waals surface area contributed by atoms with Crippen molar-refractivity contribution in [1.29, 1.82) is 0 Å². The predicted molar refractivity (Wildman–Crippen MR) is 211 cm³/mol. The van der Waals surface area contributed by atoms with Crippen LogP contribution in [0.2, 0.25) is 0 Å². The van der Waals surface area contributed by atoms with Gasteiger partial charge in [-0.1, -0.05) is 108 Å². The van der Waals surface area contributed by atoms with Crippen molar-refractivity contribution in [3.05, 3.63) is 35.9 Å². The molecule has 0 spiro atoms. The van der Waals surface area contributed by atoms with E-state index in [2.05, 4.69) is 26.6 Å². The highest BCUT2D eigenvalue weighted by Crippen LogP contribution is 2.41. The number of fused-ring (bicyclic) bond motifs is 1. The highest BCUT2D eigenvalue weighted by Gasteiger charge is 2.51. The van der Waals surface area contributed by atoms with Gasteiger partial charge in [0.1, 0.15) is 24.2 Å². The summed E-state index contributed by atoms with van der Waals surface area (Å²) in [5, 5.41) is 14.0. The Hall–Kier alpha value is -3.94. The lowest BCUT2D eigenvalue weighted by Crippen LogP contribution is -2.63. The van der Waals surface area contributed by atoms with Crippen molar-refractivity contribution in [2.75, 3.05) is 5.75 Å². The Labute approximate surface area is 329 Å². The van der Waals surface area contributed by atoms with Gasteiger partial charge >= 0.3 is 0 Å². The first-order chi connectivity index (χ1) is 26.2. The summed E-state index contributed by atoms with van der Waals surface area (Å²) in [6.45, 7) is 9.26. The lowest BCUT2D eigenvalue weighted by Gasteiger charge is -2.40. The van der Waals surface area contributed by atoms with Crippen LogP contribution in [0.4, 0.5) is 4.79 Å². The van der Waals surface area contributed by atoms with Crippen LogP contribution in [0.1, 0.15) is 123 Å². The quantitative estimate of drug-likeness (QED) is 0.173. The number of carbonyl (C=O) groups is 7. The smallest absolute Gasteiger partial charge is 0.290 e. The van der Waals surface area contributed by atoms with Crippen LogP contribution in [0.3, 0.4) is 0 Å². The zero-order valence-corrected chi connectivity index (χ0v) is 33.8. The van der Waals surface area contributed by atoms with E-state index < -0.39 is 71.1 Å². The first-order valence-corrected chi connectivity index (χ1v) is 21.2. The fourth-order valence-corrected chi connectivity index (χ4v) is 9.54. The molecule has 3 unspecified atom stereocenters. The van der Waals surface area contributed by atoms with E-state index >= 15 is 0 Å². The number of rotatable bonds is 14. The van der Waals surface area contributed by atoms with Gasteiger partial charge in [0, 0.05) is 11.8 Å². The third-order valence-electron chi connectivity index (χ3n) is 11.8. The maximum atomic E-state index is 14.9. The largest absolute Gasteiger partial charge is 0.344 e. The molecule has 0 aromatic heterocycles. The van der Waals surface area contributed by atoms with E-state index in [4.69, 9.17) is 0 Å². The minimum Gasteiger partial charge on any atom is -0.344 e. The lowest BCUT2D eigenvalue weighted by molar-refractivity contribution is -0.147. The van der Waals surface area contributed by atoms with Gasteiger partial charge in [0.25, 0.3) is 11.1 Å². The van der Waals surface area contributed by atoms with Crippen LogP contribution in [-0.2, 0) is 28.8 Å². The van der Waals surface area contributed by atoms with Crippen LogP contribution in [0.15, 0.2) is 30.3 Å². The maximum absolute atomic E-state index is 14.9. The van der Waals surface area contributed by atoms with Crippen LogP contribution in [0.5, 0.6) is 0 Å². The molecule has 14 heteroatoms. The number of amides is 6. The number of nitrogens with zero attached hydrogens (tertiary/aromatic N) is 1. The van der Waals surface area contributed by atoms with Gasteiger partial charge in [0.15, 0.2) is 0 Å². The van der Waals surface area contributed by atoms with E-state index in [0.29, 0.717) is 19.3 Å². The fraction of sp³-hybridized carbons (Fsp3) is 0.683. The van der Waals surface area contributed by atoms with Crippen LogP contribution in [-0.4, -0.2) is 87.5 Å². The summed E-state index contributed by atoms with van der Waals surface area (Å²) < 4.78 is 0. The summed E-state index contributed by atoms with van der Waals surface area (Å²) in [5.41, 5.74) is 0.0724. The molecule has 8 atom stereocenters. The Morgan fingerprint density at radius 2 is 1.55 bits per heavy atom. The highest BCUT2D eigenvalue weighted by atomic mass is 32.2. The zero-order chi connectivity index (χ0) is 39.9. The molecule has 4 aliphatic rings. The SMILES string of the molecule is CCCC(NC(=O)[C@@H]1C[C@@H]2CCCC[C@@H]2N1C(=O)[C@@H](NC(=O)C(NC(=O)C1CSC(=O)N1)C1CCCCC1)C(C)(C)C)C(=O)C(=O)N[C@@H](C)c1ccccc1. The van der Waals surface area contributed by atoms with Gasteiger partial charge in [0.05, 0.1) is 12.1 Å². The molecule has 4 fully saturated rings. The molecule has 2 aliphatic carbocycles. The van der Waals surface area contributed by atoms with Crippen molar-refractivity contribution >= 4 is 52.3 Å². The first-order valence-electron chi connectivity index (χ1n) is 20.3. The van der Waals surface area contributed by atoms with Crippen LogP contribution in [0.25, 0.3) is 0 Å². The first kappa shape index (κ1) is 42.2. The van der Waals surface area contributed by atoms with Crippen molar-refractivity contribution in [3.63, 3.8) is 0 Å². The lowest BCUT2D eigenvalue weighted by atomic mass is 9.81. The molecule has 2 aliphatic heterocycles. The van der Waals surface area contributed by atoms with E-state index in [1.807, 2.05) is 58.0 Å². The van der Waals surface area contributed by atoms with Crippen molar-refractivity contribution in [3.8, 4) is 0 Å². The van der Waals surface area contributed by atoms with Crippen LogP contribution in [0, 0.1) is 17.3 Å². The predicted octanol–water partition coefficient (Wildman–Crippen LogP) is 4.30. The molecule has 0 radical (unpaired) electrons. The van der Waals surface area contributed by atoms with Gasteiger partial charge in [0.2, 0.25) is 29.4 Å². The number of hydrogen-bond acceptors (Lipinski definition) is 8. The highest BCUT2D eigenvalue weighted by molar-refractivity contribution is 8.14.